The van der Waals surface area contributed by atoms with Crippen LogP contribution in [0.3, 0.4) is 0 Å². The van der Waals surface area contributed by atoms with Crippen molar-refractivity contribution in [3.8, 4) is 0 Å². The number of aromatic nitrogens is 4. The third-order valence-corrected chi connectivity index (χ3v) is 6.12. The van der Waals surface area contributed by atoms with E-state index in [1.54, 1.807) is 35.1 Å². The predicted octanol–water partition coefficient (Wildman–Crippen LogP) is 5.80. The molecule has 0 aliphatic carbocycles. The van der Waals surface area contributed by atoms with Gasteiger partial charge in [-0.05, 0) is 62.4 Å². The molecule has 216 valence electrons. The maximum Gasteiger partial charge on any atom is 0.275 e. The van der Waals surface area contributed by atoms with Crippen LogP contribution in [0, 0.1) is 0 Å². The summed E-state index contributed by atoms with van der Waals surface area (Å²) in [6.07, 6.45) is 8.33. The molecule has 6 rings (SSSR count). The van der Waals surface area contributed by atoms with Crippen molar-refractivity contribution < 1.29 is 14.8 Å². The molecule has 0 aliphatic rings. The van der Waals surface area contributed by atoms with Crippen LogP contribution in [0.2, 0.25) is 0 Å². The Morgan fingerprint density at radius 1 is 0.698 bits per heavy atom. The fraction of sp³-hybridized carbons (Fsp3) is 0.0938. The summed E-state index contributed by atoms with van der Waals surface area (Å²) in [5, 5.41) is 20.4. The van der Waals surface area contributed by atoms with Gasteiger partial charge in [0, 0.05) is 47.8 Å². The van der Waals surface area contributed by atoms with Gasteiger partial charge in [0.2, 0.25) is 0 Å². The number of nitrogens with one attached hydrogen (secondary N) is 3. The first-order valence-corrected chi connectivity index (χ1v) is 13.5. The molecule has 0 aliphatic heterocycles. The Balaban J connectivity index is 0.000000171. The number of carbonyl (C=O) groups excluding carboxylic acids is 2. The topological polar surface area (TPSA) is 137 Å². The molecular formula is C32H30N8O3. The predicted molar refractivity (Wildman–Crippen MR) is 167 cm³/mol. The molecule has 11 heteroatoms. The zero-order chi connectivity index (χ0) is 30.2. The van der Waals surface area contributed by atoms with E-state index in [4.69, 9.17) is 5.21 Å². The summed E-state index contributed by atoms with van der Waals surface area (Å²) in [6.45, 7) is 4.16. The number of benzene rings is 2. The Bertz CT molecular complexity index is 1880. The third kappa shape index (κ3) is 7.41. The SMILES string of the molecule is CC(C)Nc1ccc2nc(C(=O)Nc3ccccc3)cn2c1.O=C(Nc1ccccc1)c1cn2cc(C=NO)ccc2n1. The van der Waals surface area contributed by atoms with Crippen LogP contribution in [-0.4, -0.2) is 48.0 Å². The molecule has 0 radical (unpaired) electrons. The molecule has 2 aromatic carbocycles. The second-order valence-electron chi connectivity index (χ2n) is 9.85. The van der Waals surface area contributed by atoms with Crippen LogP contribution in [0.25, 0.3) is 11.3 Å². The Labute approximate surface area is 247 Å². The van der Waals surface area contributed by atoms with Gasteiger partial charge in [0.05, 0.1) is 11.9 Å². The van der Waals surface area contributed by atoms with Gasteiger partial charge in [0.25, 0.3) is 11.8 Å². The molecule has 0 fully saturated rings. The zero-order valence-corrected chi connectivity index (χ0v) is 23.5. The van der Waals surface area contributed by atoms with Crippen molar-refractivity contribution in [2.45, 2.75) is 19.9 Å². The summed E-state index contributed by atoms with van der Waals surface area (Å²) < 4.78 is 3.56. The molecule has 6 aromatic rings. The normalized spacial score (nSPS) is 11.0. The van der Waals surface area contributed by atoms with E-state index in [0.717, 1.165) is 17.0 Å². The molecular weight excluding hydrogens is 544 g/mol. The number of amides is 2. The number of carbonyl (C=O) groups is 2. The first-order valence-electron chi connectivity index (χ1n) is 13.5. The zero-order valence-electron chi connectivity index (χ0n) is 23.5. The van der Waals surface area contributed by atoms with Gasteiger partial charge in [-0.3, -0.25) is 9.59 Å². The highest BCUT2D eigenvalue weighted by Crippen LogP contribution is 2.15. The van der Waals surface area contributed by atoms with Crippen molar-refractivity contribution in [1.82, 2.24) is 18.8 Å². The molecule has 2 amide bonds. The van der Waals surface area contributed by atoms with Crippen molar-refractivity contribution in [1.29, 1.82) is 0 Å². The number of hydrogen-bond acceptors (Lipinski definition) is 7. The number of para-hydroxylation sites is 2. The number of oxime groups is 1. The molecule has 0 unspecified atom stereocenters. The first-order chi connectivity index (χ1) is 20.9. The summed E-state index contributed by atoms with van der Waals surface area (Å²) in [7, 11) is 0. The van der Waals surface area contributed by atoms with Crippen LogP contribution < -0.4 is 16.0 Å². The lowest BCUT2D eigenvalue weighted by Crippen LogP contribution is -2.12. The van der Waals surface area contributed by atoms with Crippen molar-refractivity contribution in [2.75, 3.05) is 16.0 Å². The van der Waals surface area contributed by atoms with Gasteiger partial charge >= 0.3 is 0 Å². The molecule has 43 heavy (non-hydrogen) atoms. The number of fused-ring (bicyclic) bond motifs is 2. The standard InChI is InChI=1S/C17H18N4O.C15H12N4O2/c1-12(2)18-14-8-9-16-20-15(11-21(16)10-14)17(22)19-13-6-4-3-5-7-13;20-15(17-12-4-2-1-3-5-12)13-10-19-9-11(8-16-21)6-7-14(19)18-13/h3-12,18H,1-2H3,(H,19,22);1-10,21H,(H,17,20). The van der Waals surface area contributed by atoms with E-state index in [0.29, 0.717) is 34.3 Å². The largest absolute Gasteiger partial charge is 0.411 e. The van der Waals surface area contributed by atoms with E-state index in [2.05, 4.69) is 44.9 Å². The minimum absolute atomic E-state index is 0.215. The highest BCUT2D eigenvalue weighted by molar-refractivity contribution is 6.03. The summed E-state index contributed by atoms with van der Waals surface area (Å²) in [5.74, 6) is -0.490. The molecule has 0 spiro atoms. The van der Waals surface area contributed by atoms with Crippen LogP contribution in [0.1, 0.15) is 40.4 Å². The quantitative estimate of drug-likeness (QED) is 0.108. The van der Waals surface area contributed by atoms with E-state index < -0.39 is 0 Å². The van der Waals surface area contributed by atoms with E-state index in [1.165, 1.54) is 6.21 Å². The van der Waals surface area contributed by atoms with E-state index >= 15 is 0 Å². The van der Waals surface area contributed by atoms with Crippen molar-refractivity contribution >= 4 is 46.4 Å². The van der Waals surface area contributed by atoms with Gasteiger partial charge in [-0.1, -0.05) is 41.6 Å². The van der Waals surface area contributed by atoms with Gasteiger partial charge in [0.15, 0.2) is 0 Å². The van der Waals surface area contributed by atoms with E-state index in [1.807, 2.05) is 83.4 Å². The molecule has 4 aromatic heterocycles. The molecule has 11 nitrogen and oxygen atoms in total. The number of pyridine rings is 2. The van der Waals surface area contributed by atoms with Crippen LogP contribution in [0.15, 0.2) is 115 Å². The second kappa shape index (κ2) is 13.1. The first kappa shape index (κ1) is 28.6. The molecule has 4 heterocycles. The van der Waals surface area contributed by atoms with Crippen LogP contribution >= 0.6 is 0 Å². The Hall–Kier alpha value is -5.97. The van der Waals surface area contributed by atoms with E-state index in [9.17, 15) is 9.59 Å². The molecule has 4 N–H and O–H groups in total. The Morgan fingerprint density at radius 2 is 1.21 bits per heavy atom. The van der Waals surface area contributed by atoms with Crippen LogP contribution in [0.5, 0.6) is 0 Å². The third-order valence-electron chi connectivity index (χ3n) is 6.12. The second-order valence-corrected chi connectivity index (χ2v) is 9.85. The van der Waals surface area contributed by atoms with Crippen molar-refractivity contribution in [2.24, 2.45) is 5.16 Å². The average molecular weight is 575 g/mol. The average Bonchev–Trinajstić information content (AvgIpc) is 3.63. The number of hydrogen-bond donors (Lipinski definition) is 4. The number of rotatable bonds is 7. The fourth-order valence-electron chi connectivity index (χ4n) is 4.21. The van der Waals surface area contributed by atoms with Crippen molar-refractivity contribution in [3.05, 3.63) is 127 Å². The van der Waals surface area contributed by atoms with Crippen LogP contribution in [-0.2, 0) is 0 Å². The van der Waals surface area contributed by atoms with Gasteiger partial charge < -0.3 is 30.0 Å². The van der Waals surface area contributed by atoms with Gasteiger partial charge in [0.1, 0.15) is 22.7 Å². The van der Waals surface area contributed by atoms with Gasteiger partial charge in [-0.15, -0.1) is 0 Å². The summed E-state index contributed by atoms with van der Waals surface area (Å²) in [6, 6.07) is 26.2. The van der Waals surface area contributed by atoms with Gasteiger partial charge in [-0.25, -0.2) is 9.97 Å². The highest BCUT2D eigenvalue weighted by atomic mass is 16.4. The van der Waals surface area contributed by atoms with Crippen molar-refractivity contribution in [3.63, 3.8) is 0 Å². The Morgan fingerprint density at radius 3 is 1.72 bits per heavy atom. The lowest BCUT2D eigenvalue weighted by Gasteiger charge is -2.09. The number of imidazole rings is 2. The molecule has 0 bridgehead atoms. The van der Waals surface area contributed by atoms with E-state index in [-0.39, 0.29) is 11.8 Å². The Kier molecular flexibility index (Phi) is 8.72. The summed E-state index contributed by atoms with van der Waals surface area (Å²) >= 11 is 0. The molecule has 0 saturated heterocycles. The number of nitrogens with zero attached hydrogens (tertiary/aromatic N) is 5. The summed E-state index contributed by atoms with van der Waals surface area (Å²) in [4.78, 5) is 33.0. The van der Waals surface area contributed by atoms with Crippen LogP contribution in [0.4, 0.5) is 17.1 Å². The highest BCUT2D eigenvalue weighted by Gasteiger charge is 2.12. The maximum atomic E-state index is 12.2. The van der Waals surface area contributed by atoms with Gasteiger partial charge in [-0.2, -0.15) is 0 Å². The fourth-order valence-corrected chi connectivity index (χ4v) is 4.21. The lowest BCUT2D eigenvalue weighted by atomic mass is 10.3. The molecule has 0 atom stereocenters. The molecule has 0 saturated carbocycles. The minimum Gasteiger partial charge on any atom is -0.411 e. The minimum atomic E-state index is -0.276. The lowest BCUT2D eigenvalue weighted by molar-refractivity contribution is 0.101. The monoisotopic (exact) mass is 574 g/mol. The maximum absolute atomic E-state index is 12.2. The number of anilines is 3. The summed E-state index contributed by atoms with van der Waals surface area (Å²) in [5.41, 5.74) is 5.27. The smallest absolute Gasteiger partial charge is 0.275 e.